The Labute approximate surface area is 193 Å². The number of carboxylic acids is 2. The smallest absolute Gasteiger partial charge is 0.325 e. The Morgan fingerprint density at radius 1 is 1.09 bits per heavy atom. The molecule has 182 valence electrons. The minimum Gasteiger partial charge on any atom is -0.481 e. The predicted octanol–water partition coefficient (Wildman–Crippen LogP) is 2.12. The SMILES string of the molecule is CC(C)O.CCN1CCN(C(C(=O)O)c2c[nH]c3ccc(NC(=O)CCC(=O)O)cc23)CC1. The van der Waals surface area contributed by atoms with Gasteiger partial charge in [0, 0.05) is 67.1 Å². The molecule has 1 saturated heterocycles. The zero-order valence-electron chi connectivity index (χ0n) is 19.4. The molecule has 2 aromatic rings. The molecule has 1 aromatic heterocycles. The van der Waals surface area contributed by atoms with Gasteiger partial charge in [-0.3, -0.25) is 19.3 Å². The van der Waals surface area contributed by atoms with Crippen molar-refractivity contribution in [3.8, 4) is 0 Å². The van der Waals surface area contributed by atoms with Crippen LogP contribution in [0.1, 0.15) is 45.2 Å². The van der Waals surface area contributed by atoms with E-state index in [4.69, 9.17) is 10.2 Å². The number of benzene rings is 1. The fourth-order valence-corrected chi connectivity index (χ4v) is 3.71. The number of piperazine rings is 1. The van der Waals surface area contributed by atoms with E-state index in [1.165, 1.54) is 0 Å². The Morgan fingerprint density at radius 2 is 1.73 bits per heavy atom. The summed E-state index contributed by atoms with van der Waals surface area (Å²) < 4.78 is 0. The van der Waals surface area contributed by atoms with Crippen LogP contribution in [0.2, 0.25) is 0 Å². The molecule has 1 aliphatic rings. The third-order valence-corrected chi connectivity index (χ3v) is 5.31. The summed E-state index contributed by atoms with van der Waals surface area (Å²) in [6.07, 6.45) is 1.19. The number of hydrogen-bond donors (Lipinski definition) is 5. The molecule has 0 radical (unpaired) electrons. The first-order chi connectivity index (χ1) is 15.6. The highest BCUT2D eigenvalue weighted by atomic mass is 16.4. The number of hydrogen-bond acceptors (Lipinski definition) is 6. The Bertz CT molecular complexity index is 947. The first-order valence-electron chi connectivity index (χ1n) is 11.1. The number of likely N-dealkylation sites (N-methyl/N-ethyl adjacent to an activating group) is 1. The Kier molecular flexibility index (Phi) is 9.83. The van der Waals surface area contributed by atoms with E-state index in [0.717, 1.165) is 30.5 Å². The zero-order chi connectivity index (χ0) is 24.5. The predicted molar refractivity (Wildman–Crippen MR) is 125 cm³/mol. The molecule has 33 heavy (non-hydrogen) atoms. The molecule has 5 N–H and O–H groups in total. The number of aliphatic carboxylic acids is 2. The summed E-state index contributed by atoms with van der Waals surface area (Å²) in [6, 6.07) is 4.44. The molecule has 10 heteroatoms. The number of carboxylic acid groups (broad SMARTS) is 2. The van der Waals surface area contributed by atoms with Gasteiger partial charge in [0.1, 0.15) is 6.04 Å². The molecule has 1 fully saturated rings. The molecular formula is C23H34N4O6. The van der Waals surface area contributed by atoms with Crippen molar-refractivity contribution in [2.24, 2.45) is 0 Å². The van der Waals surface area contributed by atoms with Crippen LogP contribution in [0.5, 0.6) is 0 Å². The second kappa shape index (κ2) is 12.3. The lowest BCUT2D eigenvalue weighted by Crippen LogP contribution is -2.49. The number of rotatable bonds is 8. The highest BCUT2D eigenvalue weighted by Crippen LogP contribution is 2.31. The van der Waals surface area contributed by atoms with Crippen LogP contribution < -0.4 is 5.32 Å². The molecule has 10 nitrogen and oxygen atoms in total. The van der Waals surface area contributed by atoms with Gasteiger partial charge in [-0.25, -0.2) is 0 Å². The number of anilines is 1. The van der Waals surface area contributed by atoms with Gasteiger partial charge in [0.25, 0.3) is 0 Å². The van der Waals surface area contributed by atoms with E-state index in [1.807, 2.05) is 4.90 Å². The lowest BCUT2D eigenvalue weighted by molar-refractivity contribution is -0.144. The molecule has 1 unspecified atom stereocenters. The summed E-state index contributed by atoms with van der Waals surface area (Å²) in [6.45, 7) is 9.48. The van der Waals surface area contributed by atoms with Crippen LogP contribution in [-0.4, -0.2) is 86.8 Å². The van der Waals surface area contributed by atoms with Gasteiger partial charge in [-0.2, -0.15) is 0 Å². The maximum absolute atomic E-state index is 12.1. The van der Waals surface area contributed by atoms with Crippen LogP contribution in [0, 0.1) is 0 Å². The topological polar surface area (TPSA) is 146 Å². The lowest BCUT2D eigenvalue weighted by atomic mass is 10.0. The molecule has 2 heterocycles. The minimum atomic E-state index is -1.03. The lowest BCUT2D eigenvalue weighted by Gasteiger charge is -2.37. The summed E-state index contributed by atoms with van der Waals surface area (Å²) in [4.78, 5) is 42.0. The number of aliphatic hydroxyl groups excluding tert-OH is 1. The average molecular weight is 463 g/mol. The maximum Gasteiger partial charge on any atom is 0.325 e. The summed E-state index contributed by atoms with van der Waals surface area (Å²) in [5.74, 6) is -2.34. The number of amides is 1. The Hall–Kier alpha value is -2.95. The molecule has 1 aromatic carbocycles. The average Bonchev–Trinajstić information content (AvgIpc) is 3.15. The first-order valence-corrected chi connectivity index (χ1v) is 11.1. The van der Waals surface area contributed by atoms with E-state index in [2.05, 4.69) is 22.1 Å². The number of nitrogens with one attached hydrogen (secondary N) is 2. The molecule has 1 atom stereocenters. The zero-order valence-corrected chi connectivity index (χ0v) is 19.4. The van der Waals surface area contributed by atoms with Gasteiger partial charge in [0.2, 0.25) is 5.91 Å². The fraction of sp³-hybridized carbons (Fsp3) is 0.522. The number of aromatic amines is 1. The monoisotopic (exact) mass is 462 g/mol. The molecule has 3 rings (SSSR count). The standard InChI is InChI=1S/C20H26N4O5.C3H8O/c1-2-23-7-9-24(10-8-23)19(20(28)29)15-12-21-16-4-3-13(11-14(15)16)22-17(25)5-6-18(26)27;1-3(2)4/h3-4,11-12,19,21H,2,5-10H2,1H3,(H,22,25)(H,26,27)(H,28,29);3-4H,1-2H3. The van der Waals surface area contributed by atoms with Crippen molar-refractivity contribution >= 4 is 34.4 Å². The molecule has 1 amide bonds. The van der Waals surface area contributed by atoms with E-state index < -0.39 is 23.9 Å². The van der Waals surface area contributed by atoms with Crippen LogP contribution in [0.4, 0.5) is 5.69 Å². The van der Waals surface area contributed by atoms with Crippen molar-refractivity contribution in [1.82, 2.24) is 14.8 Å². The van der Waals surface area contributed by atoms with Gasteiger partial charge < -0.3 is 30.5 Å². The van der Waals surface area contributed by atoms with Crippen LogP contribution in [-0.2, 0) is 14.4 Å². The van der Waals surface area contributed by atoms with Crippen molar-refractivity contribution in [3.05, 3.63) is 30.0 Å². The third kappa shape index (κ3) is 7.85. The van der Waals surface area contributed by atoms with E-state index in [9.17, 15) is 19.5 Å². The van der Waals surface area contributed by atoms with Crippen LogP contribution in [0.3, 0.4) is 0 Å². The van der Waals surface area contributed by atoms with E-state index in [1.54, 1.807) is 38.2 Å². The molecular weight excluding hydrogens is 428 g/mol. The second-order valence-electron chi connectivity index (χ2n) is 8.25. The highest BCUT2D eigenvalue weighted by Gasteiger charge is 2.31. The molecule has 0 spiro atoms. The van der Waals surface area contributed by atoms with Crippen molar-refractivity contribution in [1.29, 1.82) is 0 Å². The number of carbonyl (C=O) groups excluding carboxylic acids is 1. The van der Waals surface area contributed by atoms with Gasteiger partial charge in [-0.15, -0.1) is 0 Å². The van der Waals surface area contributed by atoms with Crippen molar-refractivity contribution in [2.75, 3.05) is 38.0 Å². The molecule has 0 saturated carbocycles. The van der Waals surface area contributed by atoms with Crippen LogP contribution >= 0.6 is 0 Å². The van der Waals surface area contributed by atoms with E-state index >= 15 is 0 Å². The van der Waals surface area contributed by atoms with Crippen molar-refractivity contribution in [2.45, 2.75) is 45.8 Å². The molecule has 0 bridgehead atoms. The van der Waals surface area contributed by atoms with Gasteiger partial charge >= 0.3 is 11.9 Å². The summed E-state index contributed by atoms with van der Waals surface area (Å²) in [5, 5.41) is 30.1. The van der Waals surface area contributed by atoms with Crippen molar-refractivity contribution < 1.29 is 29.7 Å². The summed E-state index contributed by atoms with van der Waals surface area (Å²) >= 11 is 0. The summed E-state index contributed by atoms with van der Waals surface area (Å²) in [7, 11) is 0. The largest absolute Gasteiger partial charge is 0.481 e. The van der Waals surface area contributed by atoms with Gasteiger partial charge in [-0.05, 0) is 38.6 Å². The number of aliphatic hydroxyl groups is 1. The second-order valence-corrected chi connectivity index (χ2v) is 8.25. The van der Waals surface area contributed by atoms with Gasteiger partial charge in [-0.1, -0.05) is 6.92 Å². The number of fused-ring (bicyclic) bond motifs is 1. The number of H-pyrrole nitrogens is 1. The Balaban J connectivity index is 0.000000890. The summed E-state index contributed by atoms with van der Waals surface area (Å²) in [5.41, 5.74) is 1.94. The van der Waals surface area contributed by atoms with Gasteiger partial charge in [0.05, 0.1) is 6.42 Å². The number of aromatic nitrogens is 1. The third-order valence-electron chi connectivity index (χ3n) is 5.31. The molecule has 1 aliphatic heterocycles. The van der Waals surface area contributed by atoms with Gasteiger partial charge in [0.15, 0.2) is 0 Å². The Morgan fingerprint density at radius 3 is 2.27 bits per heavy atom. The normalized spacial score (nSPS) is 15.7. The fourth-order valence-electron chi connectivity index (χ4n) is 3.71. The number of carbonyl (C=O) groups is 3. The van der Waals surface area contributed by atoms with E-state index in [0.29, 0.717) is 24.3 Å². The first kappa shape index (κ1) is 26.3. The quantitative estimate of drug-likeness (QED) is 0.401. The number of nitrogens with zero attached hydrogens (tertiary/aromatic N) is 2. The van der Waals surface area contributed by atoms with E-state index in [-0.39, 0.29) is 18.9 Å². The highest BCUT2D eigenvalue weighted by molar-refractivity contribution is 5.96. The minimum absolute atomic E-state index is 0.118. The molecule has 0 aliphatic carbocycles. The van der Waals surface area contributed by atoms with Crippen LogP contribution in [0.25, 0.3) is 10.9 Å². The van der Waals surface area contributed by atoms with Crippen LogP contribution in [0.15, 0.2) is 24.4 Å². The maximum atomic E-state index is 12.1. The van der Waals surface area contributed by atoms with Crippen molar-refractivity contribution in [3.63, 3.8) is 0 Å².